The van der Waals surface area contributed by atoms with Gasteiger partial charge in [-0.05, 0) is 49.2 Å². The Morgan fingerprint density at radius 3 is 2.26 bits per heavy atom. The van der Waals surface area contributed by atoms with Gasteiger partial charge in [0.2, 0.25) is 5.91 Å². The molecule has 31 heavy (non-hydrogen) atoms. The quantitative estimate of drug-likeness (QED) is 0.567. The Kier molecular flexibility index (Phi) is 6.59. The molecule has 160 valence electrons. The molecule has 0 spiro atoms. The Morgan fingerprint density at radius 1 is 1.03 bits per heavy atom. The second-order valence-corrected chi connectivity index (χ2v) is 7.48. The van der Waals surface area contributed by atoms with Gasteiger partial charge in [0.05, 0.1) is 5.69 Å². The van der Waals surface area contributed by atoms with E-state index in [1.807, 2.05) is 13.8 Å². The molecular formula is C23H23FN4O3. The van der Waals surface area contributed by atoms with Crippen molar-refractivity contribution in [2.45, 2.75) is 26.8 Å². The van der Waals surface area contributed by atoms with Crippen molar-refractivity contribution in [2.75, 3.05) is 5.32 Å². The highest BCUT2D eigenvalue weighted by molar-refractivity contribution is 6.01. The van der Waals surface area contributed by atoms with Gasteiger partial charge in [-0.1, -0.05) is 26.0 Å². The predicted molar refractivity (Wildman–Crippen MR) is 116 cm³/mol. The van der Waals surface area contributed by atoms with Crippen LogP contribution in [0, 0.1) is 18.7 Å². The number of nitrogens with one attached hydrogen (secondary N) is 3. The summed E-state index contributed by atoms with van der Waals surface area (Å²) in [7, 11) is 0. The number of hydrogen-bond donors (Lipinski definition) is 3. The molecule has 3 aromatic rings. The maximum Gasteiger partial charge on any atom is 0.251 e. The lowest BCUT2D eigenvalue weighted by atomic mass is 10.0. The van der Waals surface area contributed by atoms with Crippen molar-refractivity contribution < 1.29 is 14.0 Å². The molecule has 1 atom stereocenters. The molecule has 2 amide bonds. The fourth-order valence-electron chi connectivity index (χ4n) is 3.03. The van der Waals surface area contributed by atoms with Gasteiger partial charge in [0.15, 0.2) is 0 Å². The van der Waals surface area contributed by atoms with Crippen LogP contribution in [-0.4, -0.2) is 27.8 Å². The Morgan fingerprint density at radius 2 is 1.68 bits per heavy atom. The smallest absolute Gasteiger partial charge is 0.251 e. The summed E-state index contributed by atoms with van der Waals surface area (Å²) in [5.41, 5.74) is 1.83. The topological polar surface area (TPSA) is 104 Å². The van der Waals surface area contributed by atoms with Crippen molar-refractivity contribution in [3.63, 3.8) is 0 Å². The van der Waals surface area contributed by atoms with Gasteiger partial charge in [-0.25, -0.2) is 9.37 Å². The molecule has 3 N–H and O–H groups in total. The van der Waals surface area contributed by atoms with E-state index in [2.05, 4.69) is 20.6 Å². The van der Waals surface area contributed by atoms with Crippen LogP contribution < -0.4 is 16.2 Å². The molecule has 0 unspecified atom stereocenters. The van der Waals surface area contributed by atoms with E-state index < -0.39 is 17.8 Å². The number of nitrogens with zero attached hydrogens (tertiary/aromatic N) is 1. The molecule has 1 heterocycles. The first-order chi connectivity index (χ1) is 14.7. The fraction of sp³-hybridized carbons (Fsp3) is 0.217. The highest BCUT2D eigenvalue weighted by Gasteiger charge is 2.25. The van der Waals surface area contributed by atoms with Crippen molar-refractivity contribution in [1.82, 2.24) is 15.3 Å². The molecule has 0 saturated carbocycles. The number of rotatable bonds is 6. The zero-order valence-electron chi connectivity index (χ0n) is 17.4. The largest absolute Gasteiger partial charge is 0.340 e. The van der Waals surface area contributed by atoms with Crippen molar-refractivity contribution in [3.8, 4) is 11.3 Å². The fourth-order valence-corrected chi connectivity index (χ4v) is 3.03. The van der Waals surface area contributed by atoms with Crippen LogP contribution in [0.15, 0.2) is 59.4 Å². The van der Waals surface area contributed by atoms with Crippen LogP contribution in [0.3, 0.4) is 0 Å². The first-order valence-corrected chi connectivity index (χ1v) is 9.78. The average Bonchev–Trinajstić information content (AvgIpc) is 2.72. The van der Waals surface area contributed by atoms with Crippen LogP contribution in [0.2, 0.25) is 0 Å². The number of carbonyl (C=O) groups is 2. The second-order valence-electron chi connectivity index (χ2n) is 7.48. The van der Waals surface area contributed by atoms with E-state index in [4.69, 9.17) is 0 Å². The number of aromatic nitrogens is 2. The summed E-state index contributed by atoms with van der Waals surface area (Å²) in [5, 5.41) is 5.49. The second kappa shape index (κ2) is 9.34. The lowest BCUT2D eigenvalue weighted by molar-refractivity contribution is -0.118. The zero-order chi connectivity index (χ0) is 22.5. The molecule has 1 aromatic heterocycles. The third-order valence-corrected chi connectivity index (χ3v) is 4.65. The molecular weight excluding hydrogens is 399 g/mol. The first-order valence-electron chi connectivity index (χ1n) is 9.78. The van der Waals surface area contributed by atoms with Crippen LogP contribution in [-0.2, 0) is 4.79 Å². The van der Waals surface area contributed by atoms with E-state index in [0.717, 1.165) is 5.56 Å². The molecule has 2 aromatic carbocycles. The number of hydrogen-bond acceptors (Lipinski definition) is 4. The predicted octanol–water partition coefficient (Wildman–Crippen LogP) is 3.28. The van der Waals surface area contributed by atoms with E-state index >= 15 is 0 Å². The minimum Gasteiger partial charge on any atom is -0.340 e. The van der Waals surface area contributed by atoms with E-state index in [9.17, 15) is 18.8 Å². The van der Waals surface area contributed by atoms with Gasteiger partial charge < -0.3 is 15.6 Å². The number of aryl methyl sites for hydroxylation is 1. The average molecular weight is 422 g/mol. The van der Waals surface area contributed by atoms with Gasteiger partial charge in [0.25, 0.3) is 11.5 Å². The maximum absolute atomic E-state index is 13.1. The van der Waals surface area contributed by atoms with Crippen molar-refractivity contribution in [1.29, 1.82) is 0 Å². The summed E-state index contributed by atoms with van der Waals surface area (Å²) in [6.45, 7) is 5.34. The van der Waals surface area contributed by atoms with Crippen LogP contribution in [0.25, 0.3) is 11.3 Å². The maximum atomic E-state index is 13.1. The van der Waals surface area contributed by atoms with Crippen LogP contribution >= 0.6 is 0 Å². The number of anilines is 1. The molecule has 0 radical (unpaired) electrons. The number of H-pyrrole nitrogens is 1. The molecule has 7 nitrogen and oxygen atoms in total. The highest BCUT2D eigenvalue weighted by Crippen LogP contribution is 2.19. The van der Waals surface area contributed by atoms with Crippen molar-refractivity contribution in [2.24, 2.45) is 5.92 Å². The Bertz CT molecular complexity index is 1140. The van der Waals surface area contributed by atoms with Gasteiger partial charge in [-0.2, -0.15) is 0 Å². The van der Waals surface area contributed by atoms with E-state index in [1.165, 1.54) is 30.3 Å². The van der Waals surface area contributed by atoms with Crippen LogP contribution in [0.4, 0.5) is 10.1 Å². The molecule has 0 aliphatic heterocycles. The third-order valence-electron chi connectivity index (χ3n) is 4.65. The van der Waals surface area contributed by atoms with E-state index in [0.29, 0.717) is 17.2 Å². The molecule has 3 rings (SSSR count). The summed E-state index contributed by atoms with van der Waals surface area (Å²) >= 11 is 0. The molecule has 0 bridgehead atoms. The monoisotopic (exact) mass is 422 g/mol. The van der Waals surface area contributed by atoms with Gasteiger partial charge in [0, 0.05) is 22.9 Å². The van der Waals surface area contributed by atoms with Crippen LogP contribution in [0.1, 0.15) is 30.0 Å². The Balaban J connectivity index is 1.71. The highest BCUT2D eigenvalue weighted by atomic mass is 19.1. The number of carbonyl (C=O) groups excluding carboxylic acids is 2. The zero-order valence-corrected chi connectivity index (χ0v) is 17.4. The molecule has 0 aliphatic carbocycles. The molecule has 0 fully saturated rings. The number of amides is 2. The molecule has 0 aliphatic rings. The summed E-state index contributed by atoms with van der Waals surface area (Å²) < 4.78 is 13.1. The lowest BCUT2D eigenvalue weighted by Gasteiger charge is -2.22. The number of aromatic amines is 1. The minimum absolute atomic E-state index is 0.174. The first kappa shape index (κ1) is 21.9. The normalized spacial score (nSPS) is 11.8. The lowest BCUT2D eigenvalue weighted by Crippen LogP contribution is -2.47. The van der Waals surface area contributed by atoms with Crippen molar-refractivity contribution >= 4 is 17.5 Å². The van der Waals surface area contributed by atoms with Gasteiger partial charge >= 0.3 is 0 Å². The molecule has 8 heteroatoms. The Hall–Kier alpha value is -3.81. The van der Waals surface area contributed by atoms with E-state index in [1.54, 1.807) is 31.2 Å². The molecule has 0 saturated heterocycles. The number of benzene rings is 2. The number of halogens is 1. The Labute approximate surface area is 178 Å². The summed E-state index contributed by atoms with van der Waals surface area (Å²) in [4.78, 5) is 43.7. The summed E-state index contributed by atoms with van der Waals surface area (Å²) in [6, 6.07) is 12.6. The summed E-state index contributed by atoms with van der Waals surface area (Å²) in [5.74, 6) is -0.935. The van der Waals surface area contributed by atoms with Gasteiger partial charge in [-0.15, -0.1) is 0 Å². The SMILES string of the molecule is Cc1nc(-c2ccc(NC(=O)[C@H](NC(=O)c3ccc(F)cc3)C(C)C)cc2)cc(=O)[nH]1. The minimum atomic E-state index is -0.783. The third kappa shape index (κ3) is 5.63. The van der Waals surface area contributed by atoms with Gasteiger partial charge in [0.1, 0.15) is 17.7 Å². The van der Waals surface area contributed by atoms with Gasteiger partial charge in [-0.3, -0.25) is 14.4 Å². The van der Waals surface area contributed by atoms with Crippen LogP contribution in [0.5, 0.6) is 0 Å². The summed E-state index contributed by atoms with van der Waals surface area (Å²) in [6.07, 6.45) is 0. The van der Waals surface area contributed by atoms with Crippen molar-refractivity contribution in [3.05, 3.63) is 82.2 Å². The standard InChI is InChI=1S/C23H23FN4O3/c1-13(2)21(28-22(30)16-4-8-17(24)9-5-16)23(31)27-18-10-6-15(7-11-18)19-12-20(29)26-14(3)25-19/h4-13,21H,1-3H3,(H,27,31)(H,28,30)(H,25,26,29)/t21-/m1/s1. The van der Waals surface area contributed by atoms with E-state index in [-0.39, 0.29) is 22.9 Å².